The number of benzene rings is 1. The zero-order valence-electron chi connectivity index (χ0n) is 14.7. The summed E-state index contributed by atoms with van der Waals surface area (Å²) in [6.45, 7) is 5.34. The average molecular weight is 346 g/mol. The molecule has 1 aromatic carbocycles. The lowest BCUT2D eigenvalue weighted by atomic mass is 10.0. The SMILES string of the molecule is COCC1CN(C(=O)c2c[nH]cc2-c2ccc(F)cc2)CC(C)(C)O1. The Labute approximate surface area is 146 Å². The number of nitrogens with zero attached hydrogens (tertiary/aromatic N) is 1. The first-order chi connectivity index (χ1) is 11.9. The molecular weight excluding hydrogens is 323 g/mol. The number of aromatic amines is 1. The molecule has 1 N–H and O–H groups in total. The summed E-state index contributed by atoms with van der Waals surface area (Å²) in [5, 5.41) is 0. The van der Waals surface area contributed by atoms with Gasteiger partial charge in [-0.2, -0.15) is 0 Å². The van der Waals surface area contributed by atoms with Gasteiger partial charge in [0, 0.05) is 38.2 Å². The van der Waals surface area contributed by atoms with Crippen LogP contribution in [0.15, 0.2) is 36.7 Å². The van der Waals surface area contributed by atoms with E-state index in [0.29, 0.717) is 25.3 Å². The molecule has 134 valence electrons. The van der Waals surface area contributed by atoms with Gasteiger partial charge in [0.1, 0.15) is 5.82 Å². The second-order valence-corrected chi connectivity index (χ2v) is 6.93. The molecule has 1 aromatic heterocycles. The van der Waals surface area contributed by atoms with Crippen LogP contribution in [-0.4, -0.2) is 54.3 Å². The van der Waals surface area contributed by atoms with Crippen molar-refractivity contribution in [3.63, 3.8) is 0 Å². The van der Waals surface area contributed by atoms with Crippen molar-refractivity contribution < 1.29 is 18.7 Å². The van der Waals surface area contributed by atoms with Gasteiger partial charge in [0.2, 0.25) is 0 Å². The molecule has 1 aliphatic heterocycles. The molecule has 0 bridgehead atoms. The lowest BCUT2D eigenvalue weighted by Crippen LogP contribution is -2.55. The van der Waals surface area contributed by atoms with Crippen molar-refractivity contribution in [2.24, 2.45) is 0 Å². The lowest BCUT2D eigenvalue weighted by molar-refractivity contribution is -0.143. The predicted molar refractivity (Wildman–Crippen MR) is 92.9 cm³/mol. The highest BCUT2D eigenvalue weighted by Gasteiger charge is 2.36. The minimum atomic E-state index is -0.441. The summed E-state index contributed by atoms with van der Waals surface area (Å²) in [5.74, 6) is -0.373. The molecule has 6 heteroatoms. The minimum Gasteiger partial charge on any atom is -0.382 e. The molecular formula is C19H23FN2O3. The van der Waals surface area contributed by atoms with Gasteiger partial charge < -0.3 is 19.4 Å². The second-order valence-electron chi connectivity index (χ2n) is 6.93. The van der Waals surface area contributed by atoms with Gasteiger partial charge in [0.15, 0.2) is 0 Å². The Morgan fingerprint density at radius 3 is 2.76 bits per heavy atom. The minimum absolute atomic E-state index is 0.0712. The van der Waals surface area contributed by atoms with Crippen LogP contribution in [0.1, 0.15) is 24.2 Å². The number of hydrogen-bond acceptors (Lipinski definition) is 3. The van der Waals surface area contributed by atoms with Gasteiger partial charge >= 0.3 is 0 Å². The van der Waals surface area contributed by atoms with Crippen LogP contribution in [0.3, 0.4) is 0 Å². The highest BCUT2D eigenvalue weighted by atomic mass is 19.1. The molecule has 1 aliphatic rings. The number of hydrogen-bond donors (Lipinski definition) is 1. The number of carbonyl (C=O) groups excluding carboxylic acids is 1. The van der Waals surface area contributed by atoms with Gasteiger partial charge in [-0.3, -0.25) is 4.79 Å². The van der Waals surface area contributed by atoms with Crippen LogP contribution in [0.2, 0.25) is 0 Å². The number of morpholine rings is 1. The Kier molecular flexibility index (Phi) is 4.92. The number of ether oxygens (including phenoxy) is 2. The molecule has 0 spiro atoms. The Bertz CT molecular complexity index is 739. The van der Waals surface area contributed by atoms with Crippen LogP contribution in [0, 0.1) is 5.82 Å². The van der Waals surface area contributed by atoms with E-state index in [2.05, 4.69) is 4.98 Å². The quantitative estimate of drug-likeness (QED) is 0.926. The maximum atomic E-state index is 13.2. The van der Waals surface area contributed by atoms with Gasteiger partial charge in [0.05, 0.1) is 23.9 Å². The van der Waals surface area contributed by atoms with E-state index in [1.807, 2.05) is 13.8 Å². The Balaban J connectivity index is 1.86. The number of rotatable bonds is 4. The van der Waals surface area contributed by atoms with E-state index in [0.717, 1.165) is 11.1 Å². The fourth-order valence-corrected chi connectivity index (χ4v) is 3.30. The van der Waals surface area contributed by atoms with E-state index < -0.39 is 5.60 Å². The van der Waals surface area contributed by atoms with Crippen molar-refractivity contribution in [1.82, 2.24) is 9.88 Å². The number of halogens is 1. The molecule has 3 rings (SSSR count). The first-order valence-electron chi connectivity index (χ1n) is 8.28. The second kappa shape index (κ2) is 6.98. The van der Waals surface area contributed by atoms with E-state index in [9.17, 15) is 9.18 Å². The summed E-state index contributed by atoms with van der Waals surface area (Å²) < 4.78 is 24.3. The topological polar surface area (TPSA) is 54.6 Å². The van der Waals surface area contributed by atoms with Crippen molar-refractivity contribution in [3.8, 4) is 11.1 Å². The monoisotopic (exact) mass is 346 g/mol. The van der Waals surface area contributed by atoms with Crippen molar-refractivity contribution in [2.75, 3.05) is 26.8 Å². The molecule has 0 saturated carbocycles. The normalized spacial score (nSPS) is 19.8. The third-order valence-corrected chi connectivity index (χ3v) is 4.25. The maximum absolute atomic E-state index is 13.2. The first-order valence-corrected chi connectivity index (χ1v) is 8.28. The summed E-state index contributed by atoms with van der Waals surface area (Å²) in [6, 6.07) is 6.13. The molecule has 5 nitrogen and oxygen atoms in total. The molecule has 1 unspecified atom stereocenters. The average Bonchev–Trinajstić information content (AvgIpc) is 3.03. The highest BCUT2D eigenvalue weighted by Crippen LogP contribution is 2.28. The van der Waals surface area contributed by atoms with Crippen LogP contribution in [-0.2, 0) is 9.47 Å². The fourth-order valence-electron chi connectivity index (χ4n) is 3.30. The molecule has 2 aromatic rings. The van der Waals surface area contributed by atoms with E-state index in [4.69, 9.17) is 9.47 Å². The third-order valence-electron chi connectivity index (χ3n) is 4.25. The molecule has 1 saturated heterocycles. The van der Waals surface area contributed by atoms with Crippen molar-refractivity contribution in [2.45, 2.75) is 25.6 Å². The highest BCUT2D eigenvalue weighted by molar-refractivity contribution is 6.00. The van der Waals surface area contributed by atoms with Crippen LogP contribution in [0.25, 0.3) is 11.1 Å². The summed E-state index contributed by atoms with van der Waals surface area (Å²) in [4.78, 5) is 17.9. The van der Waals surface area contributed by atoms with Crippen LogP contribution in [0.4, 0.5) is 4.39 Å². The molecule has 1 atom stereocenters. The Morgan fingerprint density at radius 2 is 2.08 bits per heavy atom. The number of nitrogens with one attached hydrogen (secondary N) is 1. The first kappa shape index (κ1) is 17.6. The molecule has 25 heavy (non-hydrogen) atoms. The summed E-state index contributed by atoms with van der Waals surface area (Å²) in [5.41, 5.74) is 1.69. The number of methoxy groups -OCH3 is 1. The summed E-state index contributed by atoms with van der Waals surface area (Å²) in [6.07, 6.45) is 3.29. The molecule has 0 radical (unpaired) electrons. The smallest absolute Gasteiger partial charge is 0.256 e. The fraction of sp³-hybridized carbons (Fsp3) is 0.421. The number of H-pyrrole nitrogens is 1. The summed E-state index contributed by atoms with van der Waals surface area (Å²) >= 11 is 0. The van der Waals surface area contributed by atoms with Gasteiger partial charge in [-0.15, -0.1) is 0 Å². The van der Waals surface area contributed by atoms with E-state index in [-0.39, 0.29) is 17.8 Å². The van der Waals surface area contributed by atoms with E-state index >= 15 is 0 Å². The van der Waals surface area contributed by atoms with E-state index in [1.165, 1.54) is 12.1 Å². The van der Waals surface area contributed by atoms with Crippen LogP contribution in [0.5, 0.6) is 0 Å². The standard InChI is InChI=1S/C19H23FN2O3/c1-19(2)12-22(10-15(25-19)11-24-3)18(23)17-9-21-8-16(17)13-4-6-14(20)7-5-13/h4-9,15,21H,10-12H2,1-3H3. The predicted octanol–water partition coefficient (Wildman–Crippen LogP) is 3.09. The largest absolute Gasteiger partial charge is 0.382 e. The van der Waals surface area contributed by atoms with Crippen molar-refractivity contribution in [3.05, 3.63) is 48.0 Å². The van der Waals surface area contributed by atoms with Gasteiger partial charge in [-0.1, -0.05) is 12.1 Å². The van der Waals surface area contributed by atoms with Crippen molar-refractivity contribution >= 4 is 5.91 Å². The Morgan fingerprint density at radius 1 is 1.36 bits per heavy atom. The molecule has 2 heterocycles. The third kappa shape index (κ3) is 3.91. The zero-order chi connectivity index (χ0) is 18.0. The van der Waals surface area contributed by atoms with Gasteiger partial charge in [-0.05, 0) is 31.5 Å². The molecule has 1 amide bonds. The zero-order valence-corrected chi connectivity index (χ0v) is 14.7. The van der Waals surface area contributed by atoms with E-state index in [1.54, 1.807) is 36.5 Å². The van der Waals surface area contributed by atoms with Gasteiger partial charge in [-0.25, -0.2) is 4.39 Å². The van der Waals surface area contributed by atoms with Gasteiger partial charge in [0.25, 0.3) is 5.91 Å². The number of aromatic nitrogens is 1. The molecule has 0 aliphatic carbocycles. The van der Waals surface area contributed by atoms with Crippen LogP contribution < -0.4 is 0 Å². The Hall–Kier alpha value is -2.18. The number of amides is 1. The molecule has 1 fully saturated rings. The summed E-state index contributed by atoms with van der Waals surface area (Å²) in [7, 11) is 1.62. The van der Waals surface area contributed by atoms with Crippen LogP contribution >= 0.6 is 0 Å². The maximum Gasteiger partial charge on any atom is 0.256 e. The lowest BCUT2D eigenvalue weighted by Gasteiger charge is -2.42. The number of carbonyl (C=O) groups is 1. The van der Waals surface area contributed by atoms with Crippen molar-refractivity contribution in [1.29, 1.82) is 0 Å².